The van der Waals surface area contributed by atoms with Crippen LogP contribution < -0.4 is 10.6 Å². The molecule has 3 heteroatoms. The highest BCUT2D eigenvalue weighted by Gasteiger charge is 2.02. The van der Waals surface area contributed by atoms with E-state index in [1.54, 1.807) is 7.05 Å². The van der Waals surface area contributed by atoms with E-state index in [-0.39, 0.29) is 5.91 Å². The third-order valence-corrected chi connectivity index (χ3v) is 2.41. The van der Waals surface area contributed by atoms with Crippen LogP contribution in [0, 0.1) is 0 Å². The second-order valence-electron chi connectivity index (χ2n) is 4.13. The summed E-state index contributed by atoms with van der Waals surface area (Å²) >= 11 is 0. The van der Waals surface area contributed by atoms with Gasteiger partial charge in [-0.05, 0) is 30.7 Å². The largest absolute Gasteiger partial charge is 0.355 e. The highest BCUT2D eigenvalue weighted by molar-refractivity contribution is 5.93. The Morgan fingerprint density at radius 1 is 1.25 bits per heavy atom. The van der Waals surface area contributed by atoms with E-state index in [0.29, 0.717) is 11.6 Å². The van der Waals surface area contributed by atoms with E-state index >= 15 is 0 Å². The zero-order chi connectivity index (χ0) is 12.0. The quantitative estimate of drug-likeness (QED) is 0.791. The van der Waals surface area contributed by atoms with Crippen LogP contribution in [0.5, 0.6) is 0 Å². The Morgan fingerprint density at radius 2 is 1.88 bits per heavy atom. The van der Waals surface area contributed by atoms with Gasteiger partial charge < -0.3 is 10.6 Å². The molecule has 1 rings (SSSR count). The standard InChI is InChI=1S/C13H20N2O/c1-10(2)15-9-8-11-4-6-12(7-5-11)13(16)14-3/h4-7,10,15H,8-9H2,1-3H3,(H,14,16). The molecule has 0 radical (unpaired) electrons. The van der Waals surface area contributed by atoms with Crippen molar-refractivity contribution in [2.45, 2.75) is 26.3 Å². The van der Waals surface area contributed by atoms with Gasteiger partial charge in [0, 0.05) is 18.7 Å². The summed E-state index contributed by atoms with van der Waals surface area (Å²) in [6.45, 7) is 5.24. The molecule has 0 fully saturated rings. The van der Waals surface area contributed by atoms with Crippen molar-refractivity contribution >= 4 is 5.91 Å². The molecule has 0 saturated heterocycles. The molecule has 16 heavy (non-hydrogen) atoms. The second-order valence-corrected chi connectivity index (χ2v) is 4.13. The Hall–Kier alpha value is -1.35. The Labute approximate surface area is 97.2 Å². The first kappa shape index (κ1) is 12.7. The first-order chi connectivity index (χ1) is 7.63. The number of nitrogens with one attached hydrogen (secondary N) is 2. The van der Waals surface area contributed by atoms with Gasteiger partial charge in [-0.25, -0.2) is 0 Å². The van der Waals surface area contributed by atoms with Gasteiger partial charge in [0.25, 0.3) is 5.91 Å². The third-order valence-electron chi connectivity index (χ3n) is 2.41. The molecule has 0 atom stereocenters. The summed E-state index contributed by atoms with van der Waals surface area (Å²) in [4.78, 5) is 11.3. The van der Waals surface area contributed by atoms with Gasteiger partial charge in [0.1, 0.15) is 0 Å². The van der Waals surface area contributed by atoms with Crippen molar-refractivity contribution in [2.75, 3.05) is 13.6 Å². The van der Waals surface area contributed by atoms with Gasteiger partial charge in [0.15, 0.2) is 0 Å². The minimum absolute atomic E-state index is 0.0353. The maximum absolute atomic E-state index is 11.3. The smallest absolute Gasteiger partial charge is 0.251 e. The van der Waals surface area contributed by atoms with Crippen molar-refractivity contribution in [3.63, 3.8) is 0 Å². The fourth-order valence-corrected chi connectivity index (χ4v) is 1.47. The summed E-state index contributed by atoms with van der Waals surface area (Å²) in [5.41, 5.74) is 1.96. The van der Waals surface area contributed by atoms with Crippen LogP contribution in [-0.2, 0) is 6.42 Å². The molecule has 1 aromatic rings. The van der Waals surface area contributed by atoms with Crippen molar-refractivity contribution in [3.05, 3.63) is 35.4 Å². The fraction of sp³-hybridized carbons (Fsp3) is 0.462. The highest BCUT2D eigenvalue weighted by atomic mass is 16.1. The lowest BCUT2D eigenvalue weighted by atomic mass is 10.1. The van der Waals surface area contributed by atoms with Crippen LogP contribution in [0.15, 0.2) is 24.3 Å². The van der Waals surface area contributed by atoms with Crippen LogP contribution in [0.2, 0.25) is 0 Å². The van der Waals surface area contributed by atoms with Crippen LogP contribution in [-0.4, -0.2) is 25.5 Å². The molecule has 1 amide bonds. The van der Waals surface area contributed by atoms with E-state index in [4.69, 9.17) is 0 Å². The third kappa shape index (κ3) is 4.03. The maximum atomic E-state index is 11.3. The number of benzene rings is 1. The van der Waals surface area contributed by atoms with Crippen LogP contribution in [0.3, 0.4) is 0 Å². The average molecular weight is 220 g/mol. The number of hydrogen-bond acceptors (Lipinski definition) is 2. The zero-order valence-corrected chi connectivity index (χ0v) is 10.2. The minimum atomic E-state index is -0.0353. The first-order valence-electron chi connectivity index (χ1n) is 5.68. The summed E-state index contributed by atoms with van der Waals surface area (Å²) in [6, 6.07) is 8.26. The molecule has 0 saturated carbocycles. The van der Waals surface area contributed by atoms with Crippen LogP contribution in [0.1, 0.15) is 29.8 Å². The average Bonchev–Trinajstić information content (AvgIpc) is 2.28. The lowest BCUT2D eigenvalue weighted by Crippen LogP contribution is -2.25. The van der Waals surface area contributed by atoms with E-state index in [1.165, 1.54) is 5.56 Å². The van der Waals surface area contributed by atoms with Gasteiger partial charge in [-0.2, -0.15) is 0 Å². The molecule has 2 N–H and O–H groups in total. The van der Waals surface area contributed by atoms with Crippen molar-refractivity contribution < 1.29 is 4.79 Å². The summed E-state index contributed by atoms with van der Waals surface area (Å²) < 4.78 is 0. The lowest BCUT2D eigenvalue weighted by Gasteiger charge is -2.08. The molecule has 0 heterocycles. The second kappa shape index (κ2) is 6.28. The van der Waals surface area contributed by atoms with E-state index in [9.17, 15) is 4.79 Å². The van der Waals surface area contributed by atoms with Gasteiger partial charge in [-0.1, -0.05) is 26.0 Å². The van der Waals surface area contributed by atoms with Crippen molar-refractivity contribution in [1.29, 1.82) is 0 Å². The fourth-order valence-electron chi connectivity index (χ4n) is 1.47. The topological polar surface area (TPSA) is 41.1 Å². The molecule has 88 valence electrons. The van der Waals surface area contributed by atoms with Gasteiger partial charge in [0.2, 0.25) is 0 Å². The van der Waals surface area contributed by atoms with Crippen LogP contribution >= 0.6 is 0 Å². The van der Waals surface area contributed by atoms with E-state index in [2.05, 4.69) is 24.5 Å². The van der Waals surface area contributed by atoms with Crippen LogP contribution in [0.25, 0.3) is 0 Å². The highest BCUT2D eigenvalue weighted by Crippen LogP contribution is 2.04. The number of rotatable bonds is 5. The van der Waals surface area contributed by atoms with Gasteiger partial charge in [-0.15, -0.1) is 0 Å². The van der Waals surface area contributed by atoms with Crippen molar-refractivity contribution in [3.8, 4) is 0 Å². The molecule has 0 spiro atoms. The minimum Gasteiger partial charge on any atom is -0.355 e. The molecule has 0 bridgehead atoms. The molecule has 0 unspecified atom stereocenters. The summed E-state index contributed by atoms with van der Waals surface area (Å²) in [5, 5.41) is 5.97. The van der Waals surface area contributed by atoms with E-state index < -0.39 is 0 Å². The molecular formula is C13H20N2O. The van der Waals surface area contributed by atoms with Gasteiger partial charge in [-0.3, -0.25) is 4.79 Å². The van der Waals surface area contributed by atoms with Gasteiger partial charge in [0.05, 0.1) is 0 Å². The Balaban J connectivity index is 2.48. The molecule has 0 aliphatic rings. The number of carbonyl (C=O) groups excluding carboxylic acids is 1. The monoisotopic (exact) mass is 220 g/mol. The number of amides is 1. The van der Waals surface area contributed by atoms with Crippen molar-refractivity contribution in [2.24, 2.45) is 0 Å². The predicted molar refractivity (Wildman–Crippen MR) is 66.7 cm³/mol. The SMILES string of the molecule is CNC(=O)c1ccc(CCNC(C)C)cc1. The normalized spacial score (nSPS) is 10.5. The predicted octanol–water partition coefficient (Wildman–Crippen LogP) is 1.59. The first-order valence-corrected chi connectivity index (χ1v) is 5.68. The van der Waals surface area contributed by atoms with Crippen LogP contribution in [0.4, 0.5) is 0 Å². The summed E-state index contributed by atoms with van der Waals surface area (Å²) in [6.07, 6.45) is 0.992. The maximum Gasteiger partial charge on any atom is 0.251 e. The molecule has 1 aromatic carbocycles. The Morgan fingerprint density at radius 3 is 2.38 bits per heavy atom. The molecule has 3 nitrogen and oxygen atoms in total. The lowest BCUT2D eigenvalue weighted by molar-refractivity contribution is 0.0963. The molecule has 0 aromatic heterocycles. The summed E-state index contributed by atoms with van der Waals surface area (Å²) in [5.74, 6) is -0.0353. The Bertz CT molecular complexity index is 330. The zero-order valence-electron chi connectivity index (χ0n) is 10.2. The van der Waals surface area contributed by atoms with E-state index in [0.717, 1.165) is 13.0 Å². The van der Waals surface area contributed by atoms with E-state index in [1.807, 2.05) is 24.3 Å². The number of hydrogen-bond donors (Lipinski definition) is 2. The van der Waals surface area contributed by atoms with Crippen molar-refractivity contribution in [1.82, 2.24) is 10.6 Å². The molecule has 0 aliphatic heterocycles. The van der Waals surface area contributed by atoms with Gasteiger partial charge >= 0.3 is 0 Å². The summed E-state index contributed by atoms with van der Waals surface area (Å²) in [7, 11) is 1.64. The Kier molecular flexibility index (Phi) is 4.99. The molecule has 0 aliphatic carbocycles. The number of carbonyl (C=O) groups is 1. The molecular weight excluding hydrogens is 200 g/mol.